The number of halogens is 1. The van der Waals surface area contributed by atoms with Crippen LogP contribution < -0.4 is 19.5 Å². The molecule has 0 unspecified atom stereocenters. The van der Waals surface area contributed by atoms with Crippen LogP contribution in [0, 0.1) is 6.92 Å². The van der Waals surface area contributed by atoms with E-state index in [0.717, 1.165) is 30.8 Å². The lowest BCUT2D eigenvalue weighted by Crippen LogP contribution is -2.02. The van der Waals surface area contributed by atoms with Crippen LogP contribution in [0.1, 0.15) is 4.88 Å². The van der Waals surface area contributed by atoms with Crippen molar-refractivity contribution in [2.45, 2.75) is 11.8 Å². The van der Waals surface area contributed by atoms with Gasteiger partial charge in [0.05, 0.1) is 30.1 Å². The quantitative estimate of drug-likeness (QED) is 0.305. The van der Waals surface area contributed by atoms with Crippen LogP contribution in [-0.4, -0.2) is 24.2 Å². The summed E-state index contributed by atoms with van der Waals surface area (Å²) in [6.45, 7) is 2.03. The number of thiophene rings is 1. The minimum Gasteiger partial charge on any atom is -0.497 e. The first-order chi connectivity index (χ1) is 14.6. The zero-order valence-corrected chi connectivity index (χ0v) is 18.9. The molecule has 4 rings (SSSR count). The molecule has 2 aromatic carbocycles. The second-order valence-corrected chi connectivity index (χ2v) is 9.04. The molecule has 2 N–H and O–H groups in total. The number of ether oxygens (including phenoxy) is 2. The number of hydrogen-bond acceptors (Lipinski definition) is 8. The number of fused-ring (bicyclic) bond motifs is 1. The number of anilines is 3. The lowest BCUT2D eigenvalue weighted by atomic mass is 10.2. The summed E-state index contributed by atoms with van der Waals surface area (Å²) in [5, 5.41) is 3.33. The summed E-state index contributed by atoms with van der Waals surface area (Å²) in [5.74, 6) is 2.53. The van der Waals surface area contributed by atoms with Crippen LogP contribution in [0.15, 0.2) is 53.4 Å². The number of nitrogens with zero attached hydrogens (tertiary/aromatic N) is 2. The van der Waals surface area contributed by atoms with Crippen molar-refractivity contribution in [2.75, 3.05) is 24.3 Å². The fraction of sp³-hybridized carbons (Fsp3) is 0.143. The van der Waals surface area contributed by atoms with E-state index in [1.165, 1.54) is 11.9 Å². The van der Waals surface area contributed by atoms with Crippen molar-refractivity contribution in [1.29, 1.82) is 0 Å². The van der Waals surface area contributed by atoms with Crippen molar-refractivity contribution in [3.63, 3.8) is 0 Å². The van der Waals surface area contributed by atoms with Gasteiger partial charge >= 0.3 is 0 Å². The maximum absolute atomic E-state index is 6.32. The Balaban J connectivity index is 1.70. The Morgan fingerprint density at radius 3 is 2.13 bits per heavy atom. The molecular formula is C21H19ClN4O2S2. The monoisotopic (exact) mass is 458 g/mol. The fourth-order valence-corrected chi connectivity index (χ4v) is 4.95. The molecule has 6 nitrogen and oxygen atoms in total. The summed E-state index contributed by atoms with van der Waals surface area (Å²) in [4.78, 5) is 11.6. The third-order valence-corrected chi connectivity index (χ3v) is 6.57. The summed E-state index contributed by atoms with van der Waals surface area (Å²) in [7, 11) is 3.23. The predicted octanol–water partition coefficient (Wildman–Crippen LogP) is 6.53. The molecule has 0 saturated carbocycles. The Labute approximate surface area is 187 Å². The number of rotatable bonds is 7. The molecule has 0 bridgehead atoms. The summed E-state index contributed by atoms with van der Waals surface area (Å²) in [6, 6.07) is 15.3. The number of benzene rings is 2. The van der Waals surface area contributed by atoms with Gasteiger partial charge in [-0.05, 0) is 37.1 Å². The van der Waals surface area contributed by atoms with Crippen molar-refractivity contribution in [3.05, 3.63) is 57.7 Å². The SMILES string of the molecule is COc1cc(Nc2nc3ccccc3nc2NSc2cc(C)sc2Cl)cc(OC)c1. The van der Waals surface area contributed by atoms with Crippen LogP contribution in [0.5, 0.6) is 11.5 Å². The summed E-state index contributed by atoms with van der Waals surface area (Å²) in [6.07, 6.45) is 0. The van der Waals surface area contributed by atoms with Gasteiger partial charge in [-0.3, -0.25) is 0 Å². The zero-order valence-electron chi connectivity index (χ0n) is 16.5. The van der Waals surface area contributed by atoms with E-state index >= 15 is 0 Å². The van der Waals surface area contributed by atoms with Crippen LogP contribution >= 0.6 is 34.9 Å². The smallest absolute Gasteiger partial charge is 0.180 e. The number of aromatic nitrogens is 2. The molecule has 4 aromatic rings. The fourth-order valence-electron chi connectivity index (χ4n) is 2.81. The average Bonchev–Trinajstić information content (AvgIpc) is 3.08. The molecule has 0 amide bonds. The Kier molecular flexibility index (Phi) is 6.17. The molecule has 0 spiro atoms. The van der Waals surface area contributed by atoms with Crippen molar-refractivity contribution in [3.8, 4) is 11.5 Å². The molecule has 0 radical (unpaired) electrons. The minimum absolute atomic E-state index is 0.583. The first-order valence-electron chi connectivity index (χ1n) is 9.01. The van der Waals surface area contributed by atoms with E-state index in [1.807, 2.05) is 55.5 Å². The second kappa shape index (κ2) is 8.99. The topological polar surface area (TPSA) is 68.3 Å². The number of nitrogens with one attached hydrogen (secondary N) is 2. The summed E-state index contributed by atoms with van der Waals surface area (Å²) in [5.41, 5.74) is 2.35. The molecule has 0 aliphatic heterocycles. The molecule has 2 aromatic heterocycles. The maximum atomic E-state index is 6.32. The first-order valence-corrected chi connectivity index (χ1v) is 11.0. The van der Waals surface area contributed by atoms with Crippen LogP contribution in [0.3, 0.4) is 0 Å². The van der Waals surface area contributed by atoms with Gasteiger partial charge in [0.25, 0.3) is 0 Å². The van der Waals surface area contributed by atoms with Crippen molar-refractivity contribution in [2.24, 2.45) is 0 Å². The van der Waals surface area contributed by atoms with E-state index in [0.29, 0.717) is 23.1 Å². The Morgan fingerprint density at radius 2 is 1.57 bits per heavy atom. The number of methoxy groups -OCH3 is 2. The highest BCUT2D eigenvalue weighted by Crippen LogP contribution is 2.37. The highest BCUT2D eigenvalue weighted by atomic mass is 35.5. The number of hydrogen-bond donors (Lipinski definition) is 2. The van der Waals surface area contributed by atoms with Crippen molar-refractivity contribution in [1.82, 2.24) is 9.97 Å². The standard InChI is InChI=1S/C21H19ClN4O2S2/c1-12-8-18(19(22)29-12)30-26-21-20(24-16-6-4-5-7-17(16)25-21)23-13-9-14(27-2)11-15(10-13)28-3/h4-11H,1-3H3,(H,23,24)(H,25,26). The molecular weight excluding hydrogens is 440 g/mol. The molecule has 2 heterocycles. The van der Waals surface area contributed by atoms with Crippen LogP contribution in [0.4, 0.5) is 17.3 Å². The van der Waals surface area contributed by atoms with Gasteiger partial charge < -0.3 is 19.5 Å². The van der Waals surface area contributed by atoms with Gasteiger partial charge in [0.15, 0.2) is 11.6 Å². The molecule has 0 atom stereocenters. The number of para-hydroxylation sites is 2. The van der Waals surface area contributed by atoms with E-state index in [9.17, 15) is 0 Å². The second-order valence-electron chi connectivity index (χ2n) is 6.34. The van der Waals surface area contributed by atoms with Gasteiger partial charge in [-0.25, -0.2) is 9.97 Å². The summed E-state index contributed by atoms with van der Waals surface area (Å²) >= 11 is 9.27. The van der Waals surface area contributed by atoms with Crippen molar-refractivity contribution >= 4 is 63.2 Å². The highest BCUT2D eigenvalue weighted by Gasteiger charge is 2.13. The van der Waals surface area contributed by atoms with Crippen LogP contribution in [-0.2, 0) is 0 Å². The van der Waals surface area contributed by atoms with Gasteiger partial charge in [0, 0.05) is 28.8 Å². The van der Waals surface area contributed by atoms with Gasteiger partial charge in [-0.15, -0.1) is 11.3 Å². The molecule has 30 heavy (non-hydrogen) atoms. The Hall–Kier alpha value is -2.68. The Bertz CT molecular complexity index is 1180. The molecule has 0 aliphatic carbocycles. The molecule has 154 valence electrons. The number of aryl methyl sites for hydroxylation is 1. The van der Waals surface area contributed by atoms with Gasteiger partial charge in [0.2, 0.25) is 0 Å². The Morgan fingerprint density at radius 1 is 0.933 bits per heavy atom. The molecule has 0 saturated heterocycles. The lowest BCUT2D eigenvalue weighted by Gasteiger charge is -2.14. The first kappa shape index (κ1) is 20.6. The van der Waals surface area contributed by atoms with E-state index in [4.69, 9.17) is 31.0 Å². The third-order valence-electron chi connectivity index (χ3n) is 4.22. The predicted molar refractivity (Wildman–Crippen MR) is 126 cm³/mol. The molecule has 0 fully saturated rings. The molecule has 9 heteroatoms. The van der Waals surface area contributed by atoms with E-state index in [1.54, 1.807) is 25.6 Å². The van der Waals surface area contributed by atoms with E-state index in [-0.39, 0.29) is 0 Å². The minimum atomic E-state index is 0.583. The van der Waals surface area contributed by atoms with Gasteiger partial charge in [-0.2, -0.15) is 0 Å². The summed E-state index contributed by atoms with van der Waals surface area (Å²) < 4.78 is 14.8. The van der Waals surface area contributed by atoms with Crippen molar-refractivity contribution < 1.29 is 9.47 Å². The average molecular weight is 459 g/mol. The van der Waals surface area contributed by atoms with E-state index in [2.05, 4.69) is 10.0 Å². The van der Waals surface area contributed by atoms with Gasteiger partial charge in [-0.1, -0.05) is 23.7 Å². The maximum Gasteiger partial charge on any atom is 0.180 e. The molecule has 0 aliphatic rings. The van der Waals surface area contributed by atoms with Crippen LogP contribution in [0.2, 0.25) is 4.34 Å². The normalized spacial score (nSPS) is 10.8. The van der Waals surface area contributed by atoms with E-state index < -0.39 is 0 Å². The zero-order chi connectivity index (χ0) is 21.1. The third kappa shape index (κ3) is 4.56. The lowest BCUT2D eigenvalue weighted by molar-refractivity contribution is 0.395. The highest BCUT2D eigenvalue weighted by molar-refractivity contribution is 8.00. The largest absolute Gasteiger partial charge is 0.497 e. The van der Waals surface area contributed by atoms with Crippen LogP contribution in [0.25, 0.3) is 11.0 Å². The van der Waals surface area contributed by atoms with Gasteiger partial charge in [0.1, 0.15) is 15.8 Å².